The van der Waals surface area contributed by atoms with Crippen molar-refractivity contribution < 1.29 is 22.7 Å². The minimum Gasteiger partial charge on any atom is -0.378 e. The van der Waals surface area contributed by atoms with Gasteiger partial charge in [0, 0.05) is 31.2 Å². The van der Waals surface area contributed by atoms with Gasteiger partial charge in [-0.05, 0) is 26.2 Å². The number of carbonyl (C=O) groups is 1. The van der Waals surface area contributed by atoms with Gasteiger partial charge >= 0.3 is 6.18 Å². The Kier molecular flexibility index (Phi) is 4.85. The Morgan fingerprint density at radius 3 is 2.74 bits per heavy atom. The Hall–Kier alpha value is -0.860. The molecule has 0 bridgehead atoms. The Labute approximate surface area is 134 Å². The van der Waals surface area contributed by atoms with Gasteiger partial charge in [0.1, 0.15) is 6.04 Å². The molecule has 0 aromatic rings. The van der Waals surface area contributed by atoms with Crippen LogP contribution < -0.4 is 5.32 Å². The van der Waals surface area contributed by atoms with Crippen LogP contribution in [0.1, 0.15) is 26.2 Å². The molecule has 5 nitrogen and oxygen atoms in total. The summed E-state index contributed by atoms with van der Waals surface area (Å²) in [7, 11) is 0. The Morgan fingerprint density at radius 2 is 2.09 bits per heavy atom. The first-order valence-corrected chi connectivity index (χ1v) is 8.28. The normalized spacial score (nSPS) is 33.8. The summed E-state index contributed by atoms with van der Waals surface area (Å²) < 4.78 is 43.2. The minimum atomic E-state index is -4.31. The van der Waals surface area contributed by atoms with E-state index in [-0.39, 0.29) is 31.7 Å². The van der Waals surface area contributed by atoms with E-state index in [0.29, 0.717) is 12.1 Å². The Bertz CT molecular complexity index is 442. The van der Waals surface area contributed by atoms with Crippen LogP contribution in [0.15, 0.2) is 0 Å². The molecule has 2 heterocycles. The van der Waals surface area contributed by atoms with Crippen LogP contribution in [0.5, 0.6) is 0 Å². The molecule has 3 rings (SSSR count). The van der Waals surface area contributed by atoms with Crippen molar-refractivity contribution in [1.82, 2.24) is 15.1 Å². The first-order chi connectivity index (χ1) is 10.8. The van der Waals surface area contributed by atoms with Crippen molar-refractivity contribution in [3.63, 3.8) is 0 Å². The maximum absolute atomic E-state index is 12.7. The number of amides is 1. The molecule has 1 amide bonds. The van der Waals surface area contributed by atoms with Crippen molar-refractivity contribution in [3.8, 4) is 0 Å². The zero-order chi connectivity index (χ0) is 16.6. The van der Waals surface area contributed by atoms with E-state index in [2.05, 4.69) is 17.1 Å². The Morgan fingerprint density at radius 1 is 1.35 bits per heavy atom. The lowest BCUT2D eigenvalue weighted by atomic mass is 10.1. The first-order valence-electron chi connectivity index (χ1n) is 8.28. The van der Waals surface area contributed by atoms with Gasteiger partial charge in [-0.3, -0.25) is 14.6 Å². The summed E-state index contributed by atoms with van der Waals surface area (Å²) in [6.45, 7) is 2.26. The number of carbonyl (C=O) groups excluding carboxylic acids is 1. The molecule has 3 fully saturated rings. The van der Waals surface area contributed by atoms with Gasteiger partial charge in [0.2, 0.25) is 5.91 Å². The van der Waals surface area contributed by atoms with E-state index >= 15 is 0 Å². The third-order valence-corrected chi connectivity index (χ3v) is 4.91. The van der Waals surface area contributed by atoms with Crippen LogP contribution in [0.4, 0.5) is 13.2 Å². The number of morpholine rings is 1. The summed E-state index contributed by atoms with van der Waals surface area (Å²) in [6, 6.07) is 0.219. The summed E-state index contributed by atoms with van der Waals surface area (Å²) in [5.41, 5.74) is 0. The monoisotopic (exact) mass is 335 g/mol. The SMILES string of the molecule is C[C@@H]1C[C@@H](NC(=O)[C@@H]2COCCN2CC(F)(F)F)CN1C1CC1. The fourth-order valence-corrected chi connectivity index (χ4v) is 3.67. The first kappa shape index (κ1) is 17.0. The number of halogens is 3. The highest BCUT2D eigenvalue weighted by Gasteiger charge is 2.42. The minimum absolute atomic E-state index is 0.0211. The quantitative estimate of drug-likeness (QED) is 0.832. The molecule has 0 aromatic heterocycles. The van der Waals surface area contributed by atoms with Crippen LogP contribution in [0.3, 0.4) is 0 Å². The number of alkyl halides is 3. The van der Waals surface area contributed by atoms with E-state index in [9.17, 15) is 18.0 Å². The second kappa shape index (κ2) is 6.57. The molecule has 23 heavy (non-hydrogen) atoms. The smallest absolute Gasteiger partial charge is 0.378 e. The van der Waals surface area contributed by atoms with E-state index in [0.717, 1.165) is 13.0 Å². The highest BCUT2D eigenvalue weighted by Crippen LogP contribution is 2.33. The number of hydrogen-bond acceptors (Lipinski definition) is 4. The largest absolute Gasteiger partial charge is 0.401 e. The van der Waals surface area contributed by atoms with E-state index in [1.54, 1.807) is 0 Å². The lowest BCUT2D eigenvalue weighted by Crippen LogP contribution is -2.57. The topological polar surface area (TPSA) is 44.8 Å². The fourth-order valence-electron chi connectivity index (χ4n) is 3.67. The van der Waals surface area contributed by atoms with E-state index in [1.165, 1.54) is 17.7 Å². The highest BCUT2D eigenvalue weighted by molar-refractivity contribution is 5.82. The summed E-state index contributed by atoms with van der Waals surface area (Å²) in [5.74, 6) is -0.344. The molecule has 2 saturated heterocycles. The van der Waals surface area contributed by atoms with Gasteiger partial charge in [-0.2, -0.15) is 13.2 Å². The number of nitrogens with one attached hydrogen (secondary N) is 1. The van der Waals surface area contributed by atoms with Crippen LogP contribution in [-0.4, -0.2) is 78.9 Å². The standard InChI is InChI=1S/C15H24F3N3O2/c1-10-6-11(7-21(10)12-2-3-12)19-14(22)13-8-23-5-4-20(13)9-15(16,17)18/h10-13H,2-9H2,1H3,(H,19,22)/t10-,11-,13+/m1/s1. The van der Waals surface area contributed by atoms with Crippen molar-refractivity contribution in [2.45, 2.75) is 56.5 Å². The Balaban J connectivity index is 1.55. The van der Waals surface area contributed by atoms with Gasteiger partial charge in [-0.25, -0.2) is 0 Å². The predicted octanol–water partition coefficient (Wildman–Crippen LogP) is 0.991. The summed E-state index contributed by atoms with van der Waals surface area (Å²) in [5, 5.41) is 2.94. The highest BCUT2D eigenvalue weighted by atomic mass is 19.4. The second-order valence-electron chi connectivity index (χ2n) is 6.89. The van der Waals surface area contributed by atoms with E-state index < -0.39 is 18.8 Å². The average Bonchev–Trinajstić information content (AvgIpc) is 3.22. The number of nitrogens with zero attached hydrogens (tertiary/aromatic N) is 2. The molecule has 0 spiro atoms. The van der Waals surface area contributed by atoms with E-state index in [1.807, 2.05) is 0 Å². The van der Waals surface area contributed by atoms with Gasteiger partial charge in [-0.15, -0.1) is 0 Å². The number of likely N-dealkylation sites (tertiary alicyclic amines) is 1. The molecule has 3 aliphatic rings. The zero-order valence-electron chi connectivity index (χ0n) is 13.3. The third-order valence-electron chi connectivity index (χ3n) is 4.91. The van der Waals surface area contributed by atoms with Gasteiger partial charge in [0.05, 0.1) is 19.8 Å². The summed E-state index contributed by atoms with van der Waals surface area (Å²) >= 11 is 0. The summed E-state index contributed by atoms with van der Waals surface area (Å²) in [6.07, 6.45) is -1.03. The second-order valence-corrected chi connectivity index (χ2v) is 6.89. The van der Waals surface area contributed by atoms with Gasteiger partial charge < -0.3 is 10.1 Å². The summed E-state index contributed by atoms with van der Waals surface area (Å²) in [4.78, 5) is 16.0. The average molecular weight is 335 g/mol. The molecule has 8 heteroatoms. The molecule has 3 atom stereocenters. The number of rotatable bonds is 4. The molecule has 2 aliphatic heterocycles. The van der Waals surface area contributed by atoms with Crippen molar-refractivity contribution in [1.29, 1.82) is 0 Å². The zero-order valence-corrected chi connectivity index (χ0v) is 13.3. The molecular weight excluding hydrogens is 311 g/mol. The van der Waals surface area contributed by atoms with E-state index in [4.69, 9.17) is 4.74 Å². The molecule has 0 aromatic carbocycles. The fraction of sp³-hybridized carbons (Fsp3) is 0.933. The molecule has 1 saturated carbocycles. The van der Waals surface area contributed by atoms with Crippen LogP contribution in [0.2, 0.25) is 0 Å². The molecule has 1 N–H and O–H groups in total. The van der Waals surface area contributed by atoms with Gasteiger partial charge in [-0.1, -0.05) is 0 Å². The molecule has 132 valence electrons. The lowest BCUT2D eigenvalue weighted by molar-refractivity contribution is -0.167. The molecule has 0 unspecified atom stereocenters. The van der Waals surface area contributed by atoms with Gasteiger partial charge in [0.15, 0.2) is 0 Å². The van der Waals surface area contributed by atoms with Crippen molar-refractivity contribution >= 4 is 5.91 Å². The van der Waals surface area contributed by atoms with Crippen molar-refractivity contribution in [3.05, 3.63) is 0 Å². The van der Waals surface area contributed by atoms with Gasteiger partial charge in [0.25, 0.3) is 0 Å². The third kappa shape index (κ3) is 4.36. The lowest BCUT2D eigenvalue weighted by Gasteiger charge is -2.35. The predicted molar refractivity (Wildman–Crippen MR) is 78.0 cm³/mol. The van der Waals surface area contributed by atoms with Crippen molar-refractivity contribution in [2.75, 3.05) is 32.8 Å². The molecule has 1 aliphatic carbocycles. The van der Waals surface area contributed by atoms with Crippen LogP contribution >= 0.6 is 0 Å². The molecular formula is C15H24F3N3O2. The van der Waals surface area contributed by atoms with Crippen LogP contribution in [0.25, 0.3) is 0 Å². The maximum atomic E-state index is 12.7. The molecule has 0 radical (unpaired) electrons. The van der Waals surface area contributed by atoms with Crippen LogP contribution in [-0.2, 0) is 9.53 Å². The number of hydrogen-bond donors (Lipinski definition) is 1. The van der Waals surface area contributed by atoms with Crippen LogP contribution in [0, 0.1) is 0 Å². The number of ether oxygens (including phenoxy) is 1. The maximum Gasteiger partial charge on any atom is 0.401 e. The van der Waals surface area contributed by atoms with Crippen molar-refractivity contribution in [2.24, 2.45) is 0 Å².